The van der Waals surface area contributed by atoms with Crippen molar-refractivity contribution in [1.82, 2.24) is 14.8 Å². The summed E-state index contributed by atoms with van der Waals surface area (Å²) in [5, 5.41) is 0. The number of hydrogen-bond donors (Lipinski definition) is 0. The maximum Gasteiger partial charge on any atom is 0.251 e. The van der Waals surface area contributed by atoms with Gasteiger partial charge in [-0.3, -0.25) is 14.6 Å². The molecule has 0 N–H and O–H groups in total. The zero-order valence-corrected chi connectivity index (χ0v) is 15.1. The number of rotatable bonds is 4. The minimum atomic E-state index is -0.384. The maximum absolute atomic E-state index is 12.4. The maximum atomic E-state index is 12.4. The molecule has 1 spiro atoms. The van der Waals surface area contributed by atoms with Crippen LogP contribution in [-0.4, -0.2) is 59.4 Å². The van der Waals surface area contributed by atoms with Crippen LogP contribution in [0.3, 0.4) is 0 Å². The van der Waals surface area contributed by atoms with E-state index in [-0.39, 0.29) is 23.3 Å². The van der Waals surface area contributed by atoms with Crippen molar-refractivity contribution in [3.05, 3.63) is 30.1 Å². The minimum Gasteiger partial charge on any atom is -0.372 e. The lowest BCUT2D eigenvalue weighted by Crippen LogP contribution is -2.53. The Bertz CT molecular complexity index is 612. The molecule has 136 valence electrons. The molecule has 0 aromatic carbocycles. The Balaban J connectivity index is 1.61. The molecular weight excluding hydrogens is 318 g/mol. The number of likely N-dealkylation sites (tertiary alicyclic amines) is 2. The first-order valence-electron chi connectivity index (χ1n) is 9.01. The van der Waals surface area contributed by atoms with Gasteiger partial charge in [-0.15, -0.1) is 0 Å². The molecule has 25 heavy (non-hydrogen) atoms. The normalized spacial score (nSPS) is 21.4. The molecule has 2 amide bonds. The number of piperidine rings is 2. The highest BCUT2D eigenvalue weighted by Gasteiger charge is 2.42. The van der Waals surface area contributed by atoms with E-state index in [9.17, 15) is 9.59 Å². The molecule has 2 saturated heterocycles. The number of pyridine rings is 1. The smallest absolute Gasteiger partial charge is 0.251 e. The lowest BCUT2D eigenvalue weighted by atomic mass is 9.72. The Labute approximate surface area is 149 Å². The molecular formula is C19H27N3O3. The van der Waals surface area contributed by atoms with Crippen LogP contribution in [0.2, 0.25) is 0 Å². The lowest BCUT2D eigenvalue weighted by molar-refractivity contribution is -0.147. The van der Waals surface area contributed by atoms with Gasteiger partial charge in [-0.05, 0) is 49.3 Å². The highest BCUT2D eigenvalue weighted by Crippen LogP contribution is 2.40. The molecule has 0 bridgehead atoms. The van der Waals surface area contributed by atoms with Gasteiger partial charge in [0.1, 0.15) is 6.10 Å². The molecule has 3 rings (SSSR count). The van der Waals surface area contributed by atoms with Crippen molar-refractivity contribution < 1.29 is 14.3 Å². The molecule has 1 aromatic heterocycles. The quantitative estimate of drug-likeness (QED) is 0.835. The average molecular weight is 345 g/mol. The number of amides is 2. The van der Waals surface area contributed by atoms with Crippen molar-refractivity contribution in [3.8, 4) is 0 Å². The number of ether oxygens (including phenoxy) is 1. The second kappa shape index (κ2) is 7.52. The Kier molecular flexibility index (Phi) is 5.37. The van der Waals surface area contributed by atoms with E-state index in [0.717, 1.165) is 44.5 Å². The van der Waals surface area contributed by atoms with E-state index >= 15 is 0 Å². The summed E-state index contributed by atoms with van der Waals surface area (Å²) in [7, 11) is 1.57. The summed E-state index contributed by atoms with van der Waals surface area (Å²) in [4.78, 5) is 32.6. The molecule has 3 heterocycles. The van der Waals surface area contributed by atoms with Crippen LogP contribution in [0.15, 0.2) is 24.5 Å². The monoisotopic (exact) mass is 345 g/mol. The van der Waals surface area contributed by atoms with Crippen LogP contribution in [0.1, 0.15) is 38.2 Å². The average Bonchev–Trinajstić information content (AvgIpc) is 2.65. The number of carbonyl (C=O) groups is 2. The van der Waals surface area contributed by atoms with E-state index in [1.165, 1.54) is 0 Å². The van der Waals surface area contributed by atoms with Crippen LogP contribution in [0.5, 0.6) is 0 Å². The van der Waals surface area contributed by atoms with Crippen LogP contribution in [0.25, 0.3) is 0 Å². The predicted molar refractivity (Wildman–Crippen MR) is 93.6 cm³/mol. The van der Waals surface area contributed by atoms with Gasteiger partial charge in [-0.2, -0.15) is 0 Å². The highest BCUT2D eigenvalue weighted by atomic mass is 16.5. The van der Waals surface area contributed by atoms with Gasteiger partial charge in [-0.1, -0.05) is 0 Å². The Morgan fingerprint density at radius 3 is 2.60 bits per heavy atom. The first-order valence-corrected chi connectivity index (χ1v) is 9.01. The van der Waals surface area contributed by atoms with E-state index in [4.69, 9.17) is 4.74 Å². The number of carbonyl (C=O) groups excluding carboxylic acids is 2. The summed E-state index contributed by atoms with van der Waals surface area (Å²) in [6, 6.07) is 3.92. The van der Waals surface area contributed by atoms with Crippen LogP contribution in [-0.2, 0) is 20.9 Å². The van der Waals surface area contributed by atoms with Gasteiger partial charge in [0.05, 0.1) is 0 Å². The SMILES string of the molecule is CO[C@H](C)C(=O)N1CCC2(CCC(=O)N(Cc3ccncc3)C2)CC1. The third-order valence-electron chi connectivity index (χ3n) is 5.71. The van der Waals surface area contributed by atoms with E-state index in [0.29, 0.717) is 13.0 Å². The van der Waals surface area contributed by atoms with E-state index < -0.39 is 0 Å². The summed E-state index contributed by atoms with van der Waals surface area (Å²) in [6.07, 6.45) is 6.59. The molecule has 1 atom stereocenters. The standard InChI is InChI=1S/C19H27N3O3/c1-15(25-2)18(24)21-11-7-19(8-12-21)6-3-17(23)22(14-19)13-16-4-9-20-10-5-16/h4-5,9-10,15H,3,6-8,11-14H2,1-2H3/t15-/m1/s1. The molecule has 2 aliphatic rings. The Morgan fingerprint density at radius 1 is 1.28 bits per heavy atom. The first-order chi connectivity index (χ1) is 12.0. The number of methoxy groups -OCH3 is 1. The summed E-state index contributed by atoms with van der Waals surface area (Å²) in [5.74, 6) is 0.298. The zero-order valence-electron chi connectivity index (χ0n) is 15.1. The van der Waals surface area contributed by atoms with Crippen molar-refractivity contribution in [3.63, 3.8) is 0 Å². The number of nitrogens with zero attached hydrogens (tertiary/aromatic N) is 3. The van der Waals surface area contributed by atoms with E-state index in [1.54, 1.807) is 26.4 Å². The fraction of sp³-hybridized carbons (Fsp3) is 0.632. The summed E-state index contributed by atoms with van der Waals surface area (Å²) < 4.78 is 5.15. The molecule has 6 heteroatoms. The van der Waals surface area contributed by atoms with Gasteiger partial charge >= 0.3 is 0 Å². The van der Waals surface area contributed by atoms with Crippen molar-refractivity contribution >= 4 is 11.8 Å². The molecule has 0 aliphatic carbocycles. The Morgan fingerprint density at radius 2 is 1.96 bits per heavy atom. The van der Waals surface area contributed by atoms with Crippen molar-refractivity contribution in [2.45, 2.75) is 45.3 Å². The van der Waals surface area contributed by atoms with Crippen LogP contribution in [0, 0.1) is 5.41 Å². The fourth-order valence-electron chi connectivity index (χ4n) is 3.92. The Hall–Kier alpha value is -1.95. The largest absolute Gasteiger partial charge is 0.372 e. The van der Waals surface area contributed by atoms with Gasteiger partial charge in [0, 0.05) is 52.1 Å². The topological polar surface area (TPSA) is 62.7 Å². The fourth-order valence-corrected chi connectivity index (χ4v) is 3.92. The third kappa shape index (κ3) is 4.00. The molecule has 0 radical (unpaired) electrons. The number of aromatic nitrogens is 1. The van der Waals surface area contributed by atoms with Gasteiger partial charge in [-0.25, -0.2) is 0 Å². The molecule has 2 fully saturated rings. The summed E-state index contributed by atoms with van der Waals surface area (Å²) in [5.41, 5.74) is 1.26. The highest BCUT2D eigenvalue weighted by molar-refractivity contribution is 5.80. The van der Waals surface area contributed by atoms with Gasteiger partial charge in [0.25, 0.3) is 5.91 Å². The molecule has 2 aliphatic heterocycles. The van der Waals surface area contributed by atoms with E-state index in [1.807, 2.05) is 21.9 Å². The summed E-state index contributed by atoms with van der Waals surface area (Å²) in [6.45, 7) is 4.73. The second-order valence-corrected chi connectivity index (χ2v) is 7.31. The zero-order chi connectivity index (χ0) is 17.9. The second-order valence-electron chi connectivity index (χ2n) is 7.31. The van der Waals surface area contributed by atoms with Crippen LogP contribution >= 0.6 is 0 Å². The summed E-state index contributed by atoms with van der Waals surface area (Å²) >= 11 is 0. The van der Waals surface area contributed by atoms with Crippen LogP contribution < -0.4 is 0 Å². The van der Waals surface area contributed by atoms with Gasteiger partial charge < -0.3 is 14.5 Å². The van der Waals surface area contributed by atoms with Crippen molar-refractivity contribution in [1.29, 1.82) is 0 Å². The molecule has 1 aromatic rings. The lowest BCUT2D eigenvalue weighted by Gasteiger charge is -2.47. The van der Waals surface area contributed by atoms with Crippen LogP contribution in [0.4, 0.5) is 0 Å². The number of hydrogen-bond acceptors (Lipinski definition) is 4. The van der Waals surface area contributed by atoms with Gasteiger partial charge in [0.15, 0.2) is 0 Å². The third-order valence-corrected chi connectivity index (χ3v) is 5.71. The van der Waals surface area contributed by atoms with Crippen molar-refractivity contribution in [2.24, 2.45) is 5.41 Å². The van der Waals surface area contributed by atoms with Gasteiger partial charge in [0.2, 0.25) is 5.91 Å². The van der Waals surface area contributed by atoms with E-state index in [2.05, 4.69) is 4.98 Å². The minimum absolute atomic E-state index is 0.0675. The molecule has 6 nitrogen and oxygen atoms in total. The van der Waals surface area contributed by atoms with Crippen molar-refractivity contribution in [2.75, 3.05) is 26.7 Å². The predicted octanol–water partition coefficient (Wildman–Crippen LogP) is 1.85. The molecule has 0 saturated carbocycles. The molecule has 0 unspecified atom stereocenters. The first kappa shape index (κ1) is 17.9.